The lowest BCUT2D eigenvalue weighted by atomic mass is 10.0. The number of allylic oxidation sites excluding steroid dienone is 6. The molecule has 0 aliphatic heterocycles. The van der Waals surface area contributed by atoms with Crippen LogP contribution in [0.2, 0.25) is 0 Å². The van der Waals surface area contributed by atoms with Crippen LogP contribution in [0.5, 0.6) is 0 Å². The van der Waals surface area contributed by atoms with Crippen LogP contribution in [-0.2, 0) is 28.6 Å². The smallest absolute Gasteiger partial charge is 0.306 e. The Morgan fingerprint density at radius 1 is 0.357 bits per heavy atom. The largest absolute Gasteiger partial charge is 0.462 e. The predicted octanol–water partition coefficient (Wildman–Crippen LogP) is 15.4. The van der Waals surface area contributed by atoms with Gasteiger partial charge in [-0.25, -0.2) is 0 Å². The minimum absolute atomic E-state index is 0.0791. The average Bonchev–Trinajstić information content (AvgIpc) is 3.19. The van der Waals surface area contributed by atoms with Crippen molar-refractivity contribution in [3.63, 3.8) is 0 Å². The summed E-state index contributed by atoms with van der Waals surface area (Å²) in [6.07, 6.45) is 51.2. The van der Waals surface area contributed by atoms with Crippen molar-refractivity contribution < 1.29 is 28.6 Å². The lowest BCUT2D eigenvalue weighted by molar-refractivity contribution is -0.167. The Bertz CT molecular complexity index is 953. The van der Waals surface area contributed by atoms with Gasteiger partial charge in [0.2, 0.25) is 0 Å². The molecule has 0 spiro atoms. The predicted molar refractivity (Wildman–Crippen MR) is 238 cm³/mol. The normalized spacial score (nSPS) is 12.3. The van der Waals surface area contributed by atoms with E-state index in [1.807, 2.05) is 0 Å². The van der Waals surface area contributed by atoms with Crippen molar-refractivity contribution >= 4 is 17.9 Å². The molecule has 6 nitrogen and oxygen atoms in total. The molecule has 56 heavy (non-hydrogen) atoms. The Hall–Kier alpha value is -2.37. The van der Waals surface area contributed by atoms with E-state index >= 15 is 0 Å². The fourth-order valence-corrected chi connectivity index (χ4v) is 6.71. The molecule has 0 bridgehead atoms. The van der Waals surface area contributed by atoms with E-state index in [4.69, 9.17) is 14.2 Å². The van der Waals surface area contributed by atoms with Crippen molar-refractivity contribution in [3.8, 4) is 0 Å². The molecule has 0 saturated carbocycles. The van der Waals surface area contributed by atoms with E-state index in [0.717, 1.165) is 89.9 Å². The van der Waals surface area contributed by atoms with Crippen LogP contribution in [0, 0.1) is 0 Å². The second kappa shape index (κ2) is 45.3. The van der Waals surface area contributed by atoms with E-state index in [1.54, 1.807) is 0 Å². The number of unbranched alkanes of at least 4 members (excludes halogenated alkanes) is 26. The van der Waals surface area contributed by atoms with E-state index in [2.05, 4.69) is 57.2 Å². The SMILES string of the molecule is CCC/C=C\CCCCCCCC(=O)OCC(COC(=O)CCCCCCC/C=C\C/C=C\CCCCC)OC(=O)CCCCCCCCCCCCCCC. The monoisotopic (exact) mass is 787 g/mol. The van der Waals surface area contributed by atoms with E-state index < -0.39 is 6.10 Å². The summed E-state index contributed by atoms with van der Waals surface area (Å²) in [5.41, 5.74) is 0. The van der Waals surface area contributed by atoms with Gasteiger partial charge in [0, 0.05) is 19.3 Å². The molecular weight excluding hydrogens is 697 g/mol. The summed E-state index contributed by atoms with van der Waals surface area (Å²) in [5, 5.41) is 0. The number of carbonyl (C=O) groups is 3. The maximum absolute atomic E-state index is 12.7. The van der Waals surface area contributed by atoms with Crippen LogP contribution in [0.1, 0.15) is 245 Å². The van der Waals surface area contributed by atoms with Gasteiger partial charge < -0.3 is 14.2 Å². The molecule has 0 aromatic heterocycles. The third-order valence-corrected chi connectivity index (χ3v) is 10.3. The van der Waals surface area contributed by atoms with E-state index in [0.29, 0.717) is 19.3 Å². The van der Waals surface area contributed by atoms with Crippen LogP contribution in [0.25, 0.3) is 0 Å². The first-order valence-corrected chi connectivity index (χ1v) is 24.0. The molecule has 326 valence electrons. The Morgan fingerprint density at radius 2 is 0.679 bits per heavy atom. The molecular formula is C50H90O6. The molecule has 0 aliphatic carbocycles. The molecule has 0 radical (unpaired) electrons. The molecule has 0 heterocycles. The molecule has 0 aliphatic rings. The average molecular weight is 787 g/mol. The number of carbonyl (C=O) groups excluding carboxylic acids is 3. The van der Waals surface area contributed by atoms with Crippen molar-refractivity contribution in [2.45, 2.75) is 252 Å². The third-order valence-electron chi connectivity index (χ3n) is 10.3. The van der Waals surface area contributed by atoms with Crippen molar-refractivity contribution in [1.82, 2.24) is 0 Å². The van der Waals surface area contributed by atoms with Crippen molar-refractivity contribution in [2.75, 3.05) is 13.2 Å². The molecule has 0 aromatic rings. The lowest BCUT2D eigenvalue weighted by Gasteiger charge is -2.18. The van der Waals surface area contributed by atoms with Gasteiger partial charge in [0.25, 0.3) is 0 Å². The zero-order valence-electron chi connectivity index (χ0n) is 37.2. The van der Waals surface area contributed by atoms with Crippen molar-refractivity contribution in [1.29, 1.82) is 0 Å². The van der Waals surface area contributed by atoms with Gasteiger partial charge in [-0.1, -0.05) is 192 Å². The maximum Gasteiger partial charge on any atom is 0.306 e. The Labute approximate surface area is 346 Å². The molecule has 6 heteroatoms. The minimum atomic E-state index is -0.775. The Morgan fingerprint density at radius 3 is 1.11 bits per heavy atom. The van der Waals surface area contributed by atoms with Gasteiger partial charge in [-0.2, -0.15) is 0 Å². The summed E-state index contributed by atoms with van der Waals surface area (Å²) in [4.78, 5) is 37.8. The lowest BCUT2D eigenvalue weighted by Crippen LogP contribution is -2.30. The number of rotatable bonds is 43. The first-order chi connectivity index (χ1) is 27.5. The summed E-state index contributed by atoms with van der Waals surface area (Å²) in [5.74, 6) is -0.898. The molecule has 0 N–H and O–H groups in total. The molecule has 1 unspecified atom stereocenters. The second-order valence-corrected chi connectivity index (χ2v) is 16.0. The van der Waals surface area contributed by atoms with E-state index in [-0.39, 0.29) is 31.1 Å². The molecule has 0 rings (SSSR count). The number of esters is 3. The van der Waals surface area contributed by atoms with E-state index in [1.165, 1.54) is 116 Å². The molecule has 0 saturated heterocycles. The topological polar surface area (TPSA) is 78.9 Å². The molecule has 0 amide bonds. The van der Waals surface area contributed by atoms with E-state index in [9.17, 15) is 14.4 Å². The van der Waals surface area contributed by atoms with Gasteiger partial charge in [-0.15, -0.1) is 0 Å². The number of ether oxygens (including phenoxy) is 3. The van der Waals surface area contributed by atoms with Crippen LogP contribution in [0.4, 0.5) is 0 Å². The van der Waals surface area contributed by atoms with Crippen LogP contribution < -0.4 is 0 Å². The summed E-state index contributed by atoms with van der Waals surface area (Å²) in [7, 11) is 0. The fraction of sp³-hybridized carbons (Fsp3) is 0.820. The first-order valence-electron chi connectivity index (χ1n) is 24.0. The zero-order valence-corrected chi connectivity index (χ0v) is 37.2. The highest BCUT2D eigenvalue weighted by molar-refractivity contribution is 5.71. The fourth-order valence-electron chi connectivity index (χ4n) is 6.71. The Balaban J connectivity index is 4.37. The highest BCUT2D eigenvalue weighted by atomic mass is 16.6. The van der Waals surface area contributed by atoms with Gasteiger partial charge in [0.15, 0.2) is 6.10 Å². The number of hydrogen-bond acceptors (Lipinski definition) is 6. The van der Waals surface area contributed by atoms with Gasteiger partial charge in [-0.3, -0.25) is 14.4 Å². The van der Waals surface area contributed by atoms with Gasteiger partial charge >= 0.3 is 17.9 Å². The standard InChI is InChI=1S/C50H90O6/c1-4-7-10-13-16-19-22-24-25-27-28-31-34-37-40-43-49(52)55-46-47(45-54-48(51)42-39-36-33-30-21-18-15-12-9-6-3)56-50(53)44-41-38-35-32-29-26-23-20-17-14-11-8-5-2/h12,15-16,19,24-25,47H,4-11,13-14,17-18,20-23,26-46H2,1-3H3/b15-12-,19-16-,25-24-. The van der Waals surface area contributed by atoms with Crippen LogP contribution in [0.3, 0.4) is 0 Å². The summed E-state index contributed by atoms with van der Waals surface area (Å²) >= 11 is 0. The minimum Gasteiger partial charge on any atom is -0.462 e. The second-order valence-electron chi connectivity index (χ2n) is 16.0. The highest BCUT2D eigenvalue weighted by Crippen LogP contribution is 2.15. The molecule has 1 atom stereocenters. The van der Waals surface area contributed by atoms with Gasteiger partial charge in [-0.05, 0) is 70.6 Å². The van der Waals surface area contributed by atoms with Crippen molar-refractivity contribution in [2.24, 2.45) is 0 Å². The van der Waals surface area contributed by atoms with Crippen molar-refractivity contribution in [3.05, 3.63) is 36.5 Å². The molecule has 0 aromatic carbocycles. The maximum atomic E-state index is 12.7. The van der Waals surface area contributed by atoms with Crippen LogP contribution in [0.15, 0.2) is 36.5 Å². The highest BCUT2D eigenvalue weighted by Gasteiger charge is 2.19. The summed E-state index contributed by atoms with van der Waals surface area (Å²) in [6.45, 7) is 6.53. The third kappa shape index (κ3) is 42.8. The zero-order chi connectivity index (χ0) is 40.8. The van der Waals surface area contributed by atoms with Gasteiger partial charge in [0.05, 0.1) is 0 Å². The first kappa shape index (κ1) is 53.6. The van der Waals surface area contributed by atoms with Crippen LogP contribution in [-0.4, -0.2) is 37.2 Å². The molecule has 0 fully saturated rings. The Kier molecular flexibility index (Phi) is 43.4. The summed E-state index contributed by atoms with van der Waals surface area (Å²) in [6, 6.07) is 0. The number of hydrogen-bond donors (Lipinski definition) is 0. The quantitative estimate of drug-likeness (QED) is 0.0265. The van der Waals surface area contributed by atoms with Gasteiger partial charge in [0.1, 0.15) is 13.2 Å². The summed E-state index contributed by atoms with van der Waals surface area (Å²) < 4.78 is 16.7. The van der Waals surface area contributed by atoms with Crippen LogP contribution >= 0.6 is 0 Å².